The topological polar surface area (TPSA) is 0 Å². The third kappa shape index (κ3) is 1.36. The lowest BCUT2D eigenvalue weighted by atomic mass is 9.92. The molecule has 0 unspecified atom stereocenters. The molecule has 0 aromatic carbocycles. The molecule has 1 radical (unpaired) electrons. The van der Waals surface area contributed by atoms with Crippen molar-refractivity contribution in [3.63, 3.8) is 0 Å². The van der Waals surface area contributed by atoms with Crippen LogP contribution >= 0.6 is 0 Å². The van der Waals surface area contributed by atoms with Gasteiger partial charge in [-0.1, -0.05) is 18.6 Å². The number of allylic oxidation sites excluding steroid dienone is 2. The van der Waals surface area contributed by atoms with Gasteiger partial charge in [0.1, 0.15) is 0 Å². The van der Waals surface area contributed by atoms with E-state index in [4.69, 9.17) is 0 Å². The predicted octanol–water partition coefficient (Wildman–Crippen LogP) is 2.71. The first kappa shape index (κ1) is 5.87. The number of hydrogen-bond donors (Lipinski definition) is 0. The quantitative estimate of drug-likeness (QED) is 0.419. The molecule has 45 valence electrons. The van der Waals surface area contributed by atoms with Crippen LogP contribution in [0.25, 0.3) is 0 Å². The summed E-state index contributed by atoms with van der Waals surface area (Å²) in [7, 11) is 0. The number of hydrogen-bond acceptors (Lipinski definition) is 0. The van der Waals surface area contributed by atoms with Gasteiger partial charge in [-0.2, -0.15) is 0 Å². The summed E-state index contributed by atoms with van der Waals surface area (Å²) in [6.45, 7) is 4.45. The molecule has 0 heterocycles. The van der Waals surface area contributed by atoms with E-state index in [1.54, 1.807) is 11.5 Å². The van der Waals surface area contributed by atoms with Gasteiger partial charge in [0.25, 0.3) is 0 Å². The molecule has 8 heavy (non-hydrogen) atoms. The van der Waals surface area contributed by atoms with Gasteiger partial charge >= 0.3 is 0 Å². The lowest BCUT2D eigenvalue weighted by Crippen LogP contribution is -1.96. The molecule has 1 aliphatic carbocycles. The van der Waals surface area contributed by atoms with Gasteiger partial charge in [0.2, 0.25) is 0 Å². The maximum absolute atomic E-state index is 2.33. The van der Waals surface area contributed by atoms with Crippen molar-refractivity contribution >= 4 is 0 Å². The second kappa shape index (κ2) is 2.34. The fourth-order valence-electron chi connectivity index (χ4n) is 0.963. The van der Waals surface area contributed by atoms with Crippen LogP contribution in [-0.2, 0) is 0 Å². The molecule has 0 saturated heterocycles. The Kier molecular flexibility index (Phi) is 1.72. The van der Waals surface area contributed by atoms with Crippen LogP contribution in [0, 0.1) is 5.92 Å². The van der Waals surface area contributed by atoms with Gasteiger partial charge in [-0.3, -0.25) is 0 Å². The Morgan fingerprint density at radius 1 is 1.25 bits per heavy atom. The Labute approximate surface area is 51.6 Å². The van der Waals surface area contributed by atoms with Crippen LogP contribution in [0.3, 0.4) is 0 Å². The molecule has 0 heteroatoms. The van der Waals surface area contributed by atoms with Crippen molar-refractivity contribution in [3.05, 3.63) is 17.6 Å². The van der Waals surface area contributed by atoms with Crippen LogP contribution in [0.5, 0.6) is 0 Å². The minimum atomic E-state index is 1.23. The van der Waals surface area contributed by atoms with Crippen LogP contribution in [0.4, 0.5) is 0 Å². The average Bonchev–Trinajstić information content (AvgIpc) is 1.77. The van der Waals surface area contributed by atoms with Crippen molar-refractivity contribution in [1.82, 2.24) is 0 Å². The predicted molar refractivity (Wildman–Crippen MR) is 36.5 cm³/mol. The van der Waals surface area contributed by atoms with E-state index in [-0.39, 0.29) is 0 Å². The molecule has 0 spiro atoms. The molecular weight excluding hydrogens is 96.1 g/mol. The first-order valence-corrected chi connectivity index (χ1v) is 3.26. The van der Waals surface area contributed by atoms with Crippen LogP contribution < -0.4 is 0 Å². The van der Waals surface area contributed by atoms with Crippen molar-refractivity contribution in [1.29, 1.82) is 0 Å². The Morgan fingerprint density at radius 3 is 2.38 bits per heavy atom. The van der Waals surface area contributed by atoms with Crippen molar-refractivity contribution < 1.29 is 0 Å². The fourth-order valence-corrected chi connectivity index (χ4v) is 0.963. The maximum atomic E-state index is 2.33. The standard InChI is InChI=1S/C8H13/c1-7-3-5-8(2)6-4-7/h3H,4-6H2,1-2H3. The molecule has 0 amide bonds. The van der Waals surface area contributed by atoms with E-state index in [1.807, 2.05) is 0 Å². The summed E-state index contributed by atoms with van der Waals surface area (Å²) in [5.41, 5.74) is 1.57. The van der Waals surface area contributed by atoms with Gasteiger partial charge in [0.05, 0.1) is 0 Å². The Hall–Kier alpha value is -0.260. The summed E-state index contributed by atoms with van der Waals surface area (Å²) in [5.74, 6) is 1.63. The normalized spacial score (nSPS) is 23.0. The number of rotatable bonds is 0. The van der Waals surface area contributed by atoms with Crippen LogP contribution in [-0.4, -0.2) is 0 Å². The van der Waals surface area contributed by atoms with E-state index < -0.39 is 0 Å². The summed E-state index contributed by atoms with van der Waals surface area (Å²) < 4.78 is 0. The molecule has 1 aliphatic rings. The summed E-state index contributed by atoms with van der Waals surface area (Å²) in [6, 6.07) is 0. The largest absolute Gasteiger partial charge is 0.0850 e. The van der Waals surface area contributed by atoms with E-state index in [1.165, 1.54) is 19.3 Å². The van der Waals surface area contributed by atoms with Crippen molar-refractivity contribution in [2.24, 2.45) is 0 Å². The fraction of sp³-hybridized carbons (Fsp3) is 0.625. The first-order chi connectivity index (χ1) is 3.79. The van der Waals surface area contributed by atoms with E-state index in [9.17, 15) is 0 Å². The van der Waals surface area contributed by atoms with Crippen LogP contribution in [0.2, 0.25) is 0 Å². The second-order valence-corrected chi connectivity index (χ2v) is 2.71. The highest BCUT2D eigenvalue weighted by molar-refractivity contribution is 5.10. The van der Waals surface area contributed by atoms with E-state index >= 15 is 0 Å². The maximum Gasteiger partial charge on any atom is -0.0231 e. The van der Waals surface area contributed by atoms with Crippen LogP contribution in [0.1, 0.15) is 33.1 Å². The summed E-state index contributed by atoms with van der Waals surface area (Å²) in [5, 5.41) is 0. The highest BCUT2D eigenvalue weighted by Gasteiger charge is 2.05. The third-order valence-corrected chi connectivity index (χ3v) is 1.75. The van der Waals surface area contributed by atoms with Crippen molar-refractivity contribution in [3.8, 4) is 0 Å². The van der Waals surface area contributed by atoms with Crippen molar-refractivity contribution in [2.75, 3.05) is 0 Å². The zero-order valence-corrected chi connectivity index (χ0v) is 5.70. The molecule has 0 N–H and O–H groups in total. The van der Waals surface area contributed by atoms with Gasteiger partial charge in [0, 0.05) is 0 Å². The van der Waals surface area contributed by atoms with Crippen molar-refractivity contribution in [2.45, 2.75) is 33.1 Å². The molecule has 0 saturated carbocycles. The lowest BCUT2D eigenvalue weighted by Gasteiger charge is -2.13. The minimum Gasteiger partial charge on any atom is -0.0850 e. The van der Waals surface area contributed by atoms with E-state index in [2.05, 4.69) is 19.9 Å². The summed E-state index contributed by atoms with van der Waals surface area (Å²) in [4.78, 5) is 0. The van der Waals surface area contributed by atoms with Gasteiger partial charge in [-0.15, -0.1) is 0 Å². The molecule has 0 fully saturated rings. The highest BCUT2D eigenvalue weighted by atomic mass is 14.1. The first-order valence-electron chi connectivity index (χ1n) is 3.26. The Bertz CT molecular complexity index is 101. The molecule has 0 aromatic rings. The Balaban J connectivity index is 2.42. The van der Waals surface area contributed by atoms with Crippen LogP contribution in [0.15, 0.2) is 11.6 Å². The molecule has 0 bridgehead atoms. The molecule has 0 aromatic heterocycles. The van der Waals surface area contributed by atoms with E-state index in [0.717, 1.165) is 0 Å². The lowest BCUT2D eigenvalue weighted by molar-refractivity contribution is 0.743. The molecular formula is C8H13. The highest BCUT2D eigenvalue weighted by Crippen LogP contribution is 2.23. The smallest absolute Gasteiger partial charge is 0.0231 e. The molecule has 0 atom stereocenters. The third-order valence-electron chi connectivity index (χ3n) is 1.75. The van der Waals surface area contributed by atoms with Gasteiger partial charge in [0.15, 0.2) is 0 Å². The molecule has 1 rings (SSSR count). The van der Waals surface area contributed by atoms with E-state index in [0.29, 0.717) is 0 Å². The minimum absolute atomic E-state index is 1.23. The zero-order chi connectivity index (χ0) is 5.98. The molecule has 0 nitrogen and oxygen atoms in total. The average molecular weight is 109 g/mol. The SMILES string of the molecule is C[C]1CC=C(C)CC1. The van der Waals surface area contributed by atoms with Gasteiger partial charge in [-0.25, -0.2) is 0 Å². The summed E-state index contributed by atoms with van der Waals surface area (Å²) >= 11 is 0. The zero-order valence-electron chi connectivity index (χ0n) is 5.70. The van der Waals surface area contributed by atoms with Gasteiger partial charge < -0.3 is 0 Å². The molecule has 0 aliphatic heterocycles. The monoisotopic (exact) mass is 109 g/mol. The second-order valence-electron chi connectivity index (χ2n) is 2.71. The Morgan fingerprint density at radius 2 is 2.00 bits per heavy atom. The summed E-state index contributed by atoms with van der Waals surface area (Å²) in [6.07, 6.45) is 6.18. The van der Waals surface area contributed by atoms with Gasteiger partial charge in [-0.05, 0) is 32.1 Å².